The molecule has 0 spiro atoms. The van der Waals surface area contributed by atoms with Crippen molar-refractivity contribution >= 4 is 45.5 Å². The number of fused-ring (bicyclic) bond motifs is 1. The second-order valence-electron chi connectivity index (χ2n) is 8.59. The number of hydrogen-bond donors (Lipinski definition) is 0. The van der Waals surface area contributed by atoms with Crippen LogP contribution in [-0.2, 0) is 0 Å². The first kappa shape index (κ1) is 23.5. The number of benzene rings is 3. The first-order chi connectivity index (χ1) is 18.1. The molecule has 0 N–H and O–H groups in total. The Hall–Kier alpha value is -3.94. The second kappa shape index (κ2) is 9.84. The lowest BCUT2D eigenvalue weighted by Gasteiger charge is -2.21. The number of hydrazone groups is 1. The molecule has 8 heteroatoms. The van der Waals surface area contributed by atoms with Crippen molar-refractivity contribution in [3.05, 3.63) is 99.7 Å². The van der Waals surface area contributed by atoms with Crippen LogP contribution in [-0.4, -0.2) is 29.9 Å². The second-order valence-corrected chi connectivity index (χ2v) is 10.0. The molecule has 6 nitrogen and oxygen atoms in total. The van der Waals surface area contributed by atoms with Gasteiger partial charge in [-0.25, -0.2) is 15.0 Å². The van der Waals surface area contributed by atoms with E-state index in [2.05, 4.69) is 17.5 Å². The highest BCUT2D eigenvalue weighted by atomic mass is 35.5. The summed E-state index contributed by atoms with van der Waals surface area (Å²) in [5.74, 6) is 1.99. The predicted molar refractivity (Wildman–Crippen MR) is 150 cm³/mol. The number of hydrogen-bond acceptors (Lipinski definition) is 7. The van der Waals surface area contributed by atoms with Crippen molar-refractivity contribution in [1.29, 1.82) is 0 Å². The minimum absolute atomic E-state index is 0.0407. The Kier molecular flexibility index (Phi) is 6.24. The van der Waals surface area contributed by atoms with Crippen LogP contribution in [0.3, 0.4) is 0 Å². The molecule has 2 aromatic heterocycles. The molecule has 3 aromatic carbocycles. The largest absolute Gasteiger partial charge is 0.497 e. The molecule has 0 saturated heterocycles. The third-order valence-electron chi connectivity index (χ3n) is 6.42. The lowest BCUT2D eigenvalue weighted by Crippen LogP contribution is -2.20. The van der Waals surface area contributed by atoms with E-state index in [0.29, 0.717) is 23.1 Å². The van der Waals surface area contributed by atoms with Gasteiger partial charge in [0.1, 0.15) is 11.5 Å². The van der Waals surface area contributed by atoms with Crippen molar-refractivity contribution in [3.8, 4) is 22.8 Å². The minimum Gasteiger partial charge on any atom is -0.497 e. The lowest BCUT2D eigenvalue weighted by molar-refractivity contribution is 0.394. The Labute approximate surface area is 223 Å². The van der Waals surface area contributed by atoms with Crippen molar-refractivity contribution in [2.75, 3.05) is 19.2 Å². The molecular weight excluding hydrogens is 504 g/mol. The van der Waals surface area contributed by atoms with Gasteiger partial charge in [0.2, 0.25) is 5.95 Å². The van der Waals surface area contributed by atoms with Gasteiger partial charge in [0.25, 0.3) is 0 Å². The zero-order chi connectivity index (χ0) is 25.4. The van der Waals surface area contributed by atoms with Gasteiger partial charge >= 0.3 is 0 Å². The molecule has 3 heterocycles. The van der Waals surface area contributed by atoms with Crippen LogP contribution in [0.4, 0.5) is 5.95 Å². The highest BCUT2D eigenvalue weighted by Gasteiger charge is 2.34. The van der Waals surface area contributed by atoms with Gasteiger partial charge in [0, 0.05) is 38.9 Å². The number of rotatable bonds is 6. The van der Waals surface area contributed by atoms with E-state index in [1.807, 2.05) is 71.7 Å². The topological polar surface area (TPSA) is 59.8 Å². The molecule has 0 bridgehead atoms. The monoisotopic (exact) mass is 526 g/mol. The Morgan fingerprint density at radius 1 is 0.919 bits per heavy atom. The van der Waals surface area contributed by atoms with Crippen molar-refractivity contribution in [2.24, 2.45) is 5.10 Å². The van der Waals surface area contributed by atoms with Gasteiger partial charge in [-0.2, -0.15) is 5.10 Å². The normalized spacial score (nSPS) is 15.2. The Balaban J connectivity index is 1.51. The van der Waals surface area contributed by atoms with E-state index in [9.17, 15) is 0 Å². The molecule has 5 aromatic rings. The number of anilines is 1. The fraction of sp³-hybridized carbons (Fsp3) is 0.138. The van der Waals surface area contributed by atoms with Crippen molar-refractivity contribution in [3.63, 3.8) is 0 Å². The molecule has 6 rings (SSSR count). The smallest absolute Gasteiger partial charge is 0.247 e. The van der Waals surface area contributed by atoms with E-state index in [-0.39, 0.29) is 6.04 Å². The Morgan fingerprint density at radius 2 is 1.76 bits per heavy atom. The summed E-state index contributed by atoms with van der Waals surface area (Å²) in [7, 11) is 3.30. The highest BCUT2D eigenvalue weighted by molar-refractivity contribution is 7.10. The molecular formula is C29H23ClN4O2S. The van der Waals surface area contributed by atoms with Gasteiger partial charge in [-0.15, -0.1) is 11.3 Å². The molecule has 0 unspecified atom stereocenters. The molecule has 37 heavy (non-hydrogen) atoms. The van der Waals surface area contributed by atoms with Crippen LogP contribution >= 0.6 is 22.9 Å². The number of nitrogens with zero attached hydrogens (tertiary/aromatic N) is 4. The molecule has 0 saturated carbocycles. The summed E-state index contributed by atoms with van der Waals surface area (Å²) >= 11 is 7.87. The first-order valence-corrected chi connectivity index (χ1v) is 13.1. The molecule has 0 radical (unpaired) electrons. The number of methoxy groups -OCH3 is 2. The molecule has 0 amide bonds. The average Bonchev–Trinajstić information content (AvgIpc) is 3.63. The minimum atomic E-state index is -0.0407. The summed E-state index contributed by atoms with van der Waals surface area (Å²) in [6.45, 7) is 0. The number of halogens is 1. The first-order valence-electron chi connectivity index (χ1n) is 11.8. The van der Waals surface area contributed by atoms with Crippen molar-refractivity contribution in [1.82, 2.24) is 9.97 Å². The van der Waals surface area contributed by atoms with Crippen molar-refractivity contribution < 1.29 is 9.47 Å². The zero-order valence-electron chi connectivity index (χ0n) is 20.3. The number of ether oxygens (including phenoxy) is 2. The summed E-state index contributed by atoms with van der Waals surface area (Å²) in [5.41, 5.74) is 4.49. The SMILES string of the molecule is COc1ccc(C2=NN(c3nc(-c4ccc(Cl)cc4)c4ccccc4n3)[C@H](c3cccs3)C2)c(OC)c1. The molecule has 1 aliphatic rings. The maximum absolute atomic E-state index is 6.17. The highest BCUT2D eigenvalue weighted by Crippen LogP contribution is 2.40. The van der Waals surface area contributed by atoms with Gasteiger partial charge in [-0.05, 0) is 41.8 Å². The number of thiophene rings is 1. The zero-order valence-corrected chi connectivity index (χ0v) is 21.8. The summed E-state index contributed by atoms with van der Waals surface area (Å²) in [5, 5.41) is 10.8. The van der Waals surface area contributed by atoms with E-state index in [4.69, 9.17) is 36.1 Å². The maximum atomic E-state index is 6.17. The van der Waals surface area contributed by atoms with Gasteiger partial charge in [-0.3, -0.25) is 0 Å². The maximum Gasteiger partial charge on any atom is 0.247 e. The van der Waals surface area contributed by atoms with Crippen LogP contribution in [0.15, 0.2) is 89.3 Å². The van der Waals surface area contributed by atoms with E-state index >= 15 is 0 Å². The standard InChI is InChI=1S/C29H23ClN4O2S/c1-35-20-13-14-21(26(16-20)36-2)24-17-25(27-8-5-15-37-27)34(33-24)29-31-23-7-4-3-6-22(23)28(32-29)18-9-11-19(30)12-10-18/h3-16,25H,17H2,1-2H3/t25-/m0/s1. The third-order valence-corrected chi connectivity index (χ3v) is 7.64. The molecule has 1 aliphatic heterocycles. The lowest BCUT2D eigenvalue weighted by atomic mass is 10.0. The quantitative estimate of drug-likeness (QED) is 0.231. The molecule has 1 atom stereocenters. The van der Waals surface area contributed by atoms with Crippen LogP contribution < -0.4 is 14.5 Å². The van der Waals surface area contributed by atoms with Crippen LogP contribution in [0.25, 0.3) is 22.2 Å². The number of aromatic nitrogens is 2. The Bertz CT molecular complexity index is 1600. The third kappa shape index (κ3) is 4.41. The Morgan fingerprint density at radius 3 is 2.51 bits per heavy atom. The van der Waals surface area contributed by atoms with Gasteiger partial charge in [0.05, 0.1) is 37.2 Å². The number of para-hydroxylation sites is 1. The fourth-order valence-corrected chi connectivity index (χ4v) is 5.53. The molecule has 0 aliphatic carbocycles. The molecule has 184 valence electrons. The predicted octanol–water partition coefficient (Wildman–Crippen LogP) is 7.38. The van der Waals surface area contributed by atoms with E-state index in [1.54, 1.807) is 25.6 Å². The van der Waals surface area contributed by atoms with Crippen molar-refractivity contribution in [2.45, 2.75) is 12.5 Å². The van der Waals surface area contributed by atoms with Crippen LogP contribution in [0.2, 0.25) is 5.02 Å². The summed E-state index contributed by atoms with van der Waals surface area (Å²) < 4.78 is 11.1. The van der Waals surface area contributed by atoms with Gasteiger partial charge in [0.15, 0.2) is 0 Å². The van der Waals surface area contributed by atoms with Crippen LogP contribution in [0.1, 0.15) is 22.9 Å². The van der Waals surface area contributed by atoms with E-state index in [1.165, 1.54) is 4.88 Å². The molecule has 0 fully saturated rings. The van der Waals surface area contributed by atoms with E-state index < -0.39 is 0 Å². The van der Waals surface area contributed by atoms with Crippen LogP contribution in [0.5, 0.6) is 11.5 Å². The fourth-order valence-electron chi connectivity index (χ4n) is 4.59. The van der Waals surface area contributed by atoms with E-state index in [0.717, 1.165) is 39.2 Å². The van der Waals surface area contributed by atoms with Gasteiger partial charge < -0.3 is 9.47 Å². The summed E-state index contributed by atoms with van der Waals surface area (Å²) in [4.78, 5) is 11.2. The van der Waals surface area contributed by atoms with Gasteiger partial charge in [-0.1, -0.05) is 48.0 Å². The average molecular weight is 527 g/mol. The van der Waals surface area contributed by atoms with Crippen LogP contribution in [0, 0.1) is 0 Å². The summed E-state index contributed by atoms with van der Waals surface area (Å²) in [6, 6.07) is 25.7. The summed E-state index contributed by atoms with van der Waals surface area (Å²) in [6.07, 6.45) is 0.690.